The number of aromatic nitrogens is 2. The van der Waals surface area contributed by atoms with Gasteiger partial charge in [0.25, 0.3) is 5.56 Å². The summed E-state index contributed by atoms with van der Waals surface area (Å²) >= 11 is 6.11. The number of piperidine rings is 1. The fourth-order valence-electron chi connectivity index (χ4n) is 2.64. The number of anilines is 1. The Morgan fingerprint density at radius 1 is 1.60 bits per heavy atom. The quantitative estimate of drug-likeness (QED) is 0.894. The molecule has 112 valence electrons. The monoisotopic (exact) mass is 298 g/mol. The van der Waals surface area contributed by atoms with Gasteiger partial charge in [0.2, 0.25) is 0 Å². The van der Waals surface area contributed by atoms with Crippen LogP contribution in [0.2, 0.25) is 5.02 Å². The second kappa shape index (κ2) is 6.14. The highest BCUT2D eigenvalue weighted by atomic mass is 35.5. The van der Waals surface area contributed by atoms with Gasteiger partial charge in [-0.05, 0) is 31.7 Å². The van der Waals surface area contributed by atoms with E-state index >= 15 is 0 Å². The molecule has 0 radical (unpaired) electrons. The average molecular weight is 299 g/mol. The van der Waals surface area contributed by atoms with Gasteiger partial charge in [0.15, 0.2) is 0 Å². The SMILES string of the molecule is CCn1ncc(NCC2NCCCC2(C)C)c(Cl)c1=O. The Kier molecular flexibility index (Phi) is 4.70. The third-order valence-corrected chi connectivity index (χ3v) is 4.48. The van der Waals surface area contributed by atoms with Crippen LogP contribution < -0.4 is 16.2 Å². The van der Waals surface area contributed by atoms with Crippen LogP contribution in [-0.4, -0.2) is 28.9 Å². The number of hydrogen-bond acceptors (Lipinski definition) is 4. The Hall–Kier alpha value is -1.07. The highest BCUT2D eigenvalue weighted by Gasteiger charge is 2.31. The number of nitrogens with zero attached hydrogens (tertiary/aromatic N) is 2. The van der Waals surface area contributed by atoms with Crippen molar-refractivity contribution in [3.05, 3.63) is 21.6 Å². The van der Waals surface area contributed by atoms with E-state index in [2.05, 4.69) is 29.6 Å². The first-order valence-corrected chi connectivity index (χ1v) is 7.56. The van der Waals surface area contributed by atoms with Crippen molar-refractivity contribution in [3.8, 4) is 0 Å². The zero-order chi connectivity index (χ0) is 14.8. The molecule has 1 unspecified atom stereocenters. The molecule has 1 saturated heterocycles. The molecule has 0 bridgehead atoms. The minimum atomic E-state index is -0.241. The van der Waals surface area contributed by atoms with Crippen LogP contribution in [0.1, 0.15) is 33.6 Å². The molecule has 2 rings (SSSR count). The van der Waals surface area contributed by atoms with Crippen LogP contribution in [0.15, 0.2) is 11.0 Å². The number of rotatable bonds is 4. The van der Waals surface area contributed by atoms with E-state index in [0.29, 0.717) is 18.3 Å². The summed E-state index contributed by atoms with van der Waals surface area (Å²) in [4.78, 5) is 11.9. The number of nitrogens with one attached hydrogen (secondary N) is 2. The van der Waals surface area contributed by atoms with Gasteiger partial charge in [-0.15, -0.1) is 0 Å². The third kappa shape index (κ3) is 3.15. The zero-order valence-corrected chi connectivity index (χ0v) is 13.1. The molecule has 2 N–H and O–H groups in total. The second-order valence-electron chi connectivity index (χ2n) is 5.97. The predicted molar refractivity (Wildman–Crippen MR) is 82.5 cm³/mol. The van der Waals surface area contributed by atoms with E-state index in [1.165, 1.54) is 17.5 Å². The molecule has 0 aromatic carbocycles. The second-order valence-corrected chi connectivity index (χ2v) is 6.35. The van der Waals surface area contributed by atoms with Gasteiger partial charge in [-0.3, -0.25) is 4.79 Å². The number of hydrogen-bond donors (Lipinski definition) is 2. The van der Waals surface area contributed by atoms with E-state index in [9.17, 15) is 4.79 Å². The largest absolute Gasteiger partial charge is 0.381 e. The summed E-state index contributed by atoms with van der Waals surface area (Å²) in [6.07, 6.45) is 4.04. The number of aryl methyl sites for hydroxylation is 1. The summed E-state index contributed by atoms with van der Waals surface area (Å²) in [6, 6.07) is 0.362. The lowest BCUT2D eigenvalue weighted by molar-refractivity contribution is 0.188. The Morgan fingerprint density at radius 2 is 2.35 bits per heavy atom. The Labute approximate surface area is 124 Å². The van der Waals surface area contributed by atoms with Crippen molar-refractivity contribution in [3.63, 3.8) is 0 Å². The van der Waals surface area contributed by atoms with Crippen molar-refractivity contribution >= 4 is 17.3 Å². The summed E-state index contributed by atoms with van der Waals surface area (Å²) in [5.41, 5.74) is 0.614. The maximum Gasteiger partial charge on any atom is 0.287 e. The van der Waals surface area contributed by atoms with Crippen LogP contribution in [0.3, 0.4) is 0 Å². The van der Waals surface area contributed by atoms with E-state index in [-0.39, 0.29) is 16.0 Å². The van der Waals surface area contributed by atoms with E-state index in [0.717, 1.165) is 13.1 Å². The first kappa shape index (κ1) is 15.3. The number of halogens is 1. The molecule has 1 fully saturated rings. The van der Waals surface area contributed by atoms with Crippen molar-refractivity contribution < 1.29 is 0 Å². The lowest BCUT2D eigenvalue weighted by atomic mass is 9.77. The molecule has 0 saturated carbocycles. The molecule has 1 aliphatic heterocycles. The first-order chi connectivity index (χ1) is 9.45. The maximum absolute atomic E-state index is 11.9. The lowest BCUT2D eigenvalue weighted by Gasteiger charge is -2.39. The van der Waals surface area contributed by atoms with Gasteiger partial charge in [0.1, 0.15) is 5.02 Å². The fraction of sp³-hybridized carbons (Fsp3) is 0.714. The molecule has 20 heavy (non-hydrogen) atoms. The minimum Gasteiger partial charge on any atom is -0.381 e. The van der Waals surface area contributed by atoms with Gasteiger partial charge < -0.3 is 10.6 Å². The van der Waals surface area contributed by atoms with Gasteiger partial charge >= 0.3 is 0 Å². The maximum atomic E-state index is 11.9. The van der Waals surface area contributed by atoms with Crippen molar-refractivity contribution in [2.45, 2.75) is 46.2 Å². The molecule has 1 aliphatic rings. The van der Waals surface area contributed by atoms with Crippen LogP contribution in [0.5, 0.6) is 0 Å². The zero-order valence-electron chi connectivity index (χ0n) is 12.4. The van der Waals surface area contributed by atoms with E-state index in [4.69, 9.17) is 11.6 Å². The molecule has 1 atom stereocenters. The minimum absolute atomic E-state index is 0.218. The van der Waals surface area contributed by atoms with Crippen LogP contribution in [-0.2, 0) is 6.54 Å². The molecular formula is C14H23ClN4O. The topological polar surface area (TPSA) is 59.0 Å². The van der Waals surface area contributed by atoms with Crippen molar-refractivity contribution in [2.75, 3.05) is 18.4 Å². The van der Waals surface area contributed by atoms with Crippen molar-refractivity contribution in [1.29, 1.82) is 0 Å². The van der Waals surface area contributed by atoms with E-state index < -0.39 is 0 Å². The lowest BCUT2D eigenvalue weighted by Crippen LogP contribution is -2.50. The van der Waals surface area contributed by atoms with Gasteiger partial charge in [-0.1, -0.05) is 25.4 Å². The Morgan fingerprint density at radius 3 is 3.00 bits per heavy atom. The molecule has 1 aromatic heterocycles. The van der Waals surface area contributed by atoms with Crippen LogP contribution >= 0.6 is 11.6 Å². The molecule has 5 nitrogen and oxygen atoms in total. The van der Waals surface area contributed by atoms with Gasteiger partial charge in [0, 0.05) is 19.1 Å². The normalized spacial score (nSPS) is 21.7. The molecular weight excluding hydrogens is 276 g/mol. The molecule has 6 heteroatoms. The van der Waals surface area contributed by atoms with Crippen molar-refractivity contribution in [2.24, 2.45) is 5.41 Å². The van der Waals surface area contributed by atoms with Gasteiger partial charge in [-0.25, -0.2) is 4.68 Å². The highest BCUT2D eigenvalue weighted by Crippen LogP contribution is 2.30. The third-order valence-electron chi connectivity index (χ3n) is 4.11. The van der Waals surface area contributed by atoms with Crippen molar-refractivity contribution in [1.82, 2.24) is 15.1 Å². The molecule has 0 spiro atoms. The Bertz CT molecular complexity index is 526. The van der Waals surface area contributed by atoms with Gasteiger partial charge in [-0.2, -0.15) is 5.10 Å². The van der Waals surface area contributed by atoms with E-state index in [1.54, 1.807) is 6.20 Å². The molecule has 1 aromatic rings. The summed E-state index contributed by atoms with van der Waals surface area (Å²) in [7, 11) is 0. The summed E-state index contributed by atoms with van der Waals surface area (Å²) in [6.45, 7) is 8.70. The summed E-state index contributed by atoms with van der Waals surface area (Å²) in [5, 5.41) is 11.1. The Balaban J connectivity index is 2.08. The molecule has 0 amide bonds. The standard InChI is InChI=1S/C14H23ClN4O/c1-4-19-13(20)12(15)10(8-18-19)17-9-11-14(2,3)6-5-7-16-11/h8,11,16-17H,4-7,9H2,1-3H3. The first-order valence-electron chi connectivity index (χ1n) is 7.18. The van der Waals surface area contributed by atoms with Crippen LogP contribution in [0.4, 0.5) is 5.69 Å². The molecule has 0 aliphatic carbocycles. The van der Waals surface area contributed by atoms with Crippen LogP contribution in [0, 0.1) is 5.41 Å². The molecule has 2 heterocycles. The van der Waals surface area contributed by atoms with Crippen LogP contribution in [0.25, 0.3) is 0 Å². The van der Waals surface area contributed by atoms with E-state index in [1.807, 2.05) is 6.92 Å². The predicted octanol–water partition coefficient (Wildman–Crippen LogP) is 2.11. The highest BCUT2D eigenvalue weighted by molar-refractivity contribution is 6.32. The summed E-state index contributed by atoms with van der Waals surface area (Å²) in [5.74, 6) is 0. The fourth-order valence-corrected chi connectivity index (χ4v) is 2.86. The average Bonchev–Trinajstić information content (AvgIpc) is 2.41. The van der Waals surface area contributed by atoms with Gasteiger partial charge in [0.05, 0.1) is 11.9 Å². The summed E-state index contributed by atoms with van der Waals surface area (Å²) < 4.78 is 1.36. The smallest absolute Gasteiger partial charge is 0.287 e.